The molecule has 7 rings (SSSR count). The van der Waals surface area contributed by atoms with E-state index in [4.69, 9.17) is 0 Å². The molecular weight excluding hydrogens is 514 g/mol. The Morgan fingerprint density at radius 1 is 0.805 bits per heavy atom. The number of pyridine rings is 1. The molecule has 1 amide bonds. The monoisotopic (exact) mass is 543 g/mol. The van der Waals surface area contributed by atoms with E-state index in [0.29, 0.717) is 12.4 Å². The van der Waals surface area contributed by atoms with Gasteiger partial charge in [-0.05, 0) is 48.0 Å². The number of amides is 1. The molecule has 1 fully saturated rings. The van der Waals surface area contributed by atoms with Crippen molar-refractivity contribution in [3.8, 4) is 5.82 Å². The second-order valence-corrected chi connectivity index (χ2v) is 10.1. The first-order valence-electron chi connectivity index (χ1n) is 13.8. The zero-order valence-corrected chi connectivity index (χ0v) is 22.4. The molecule has 1 aliphatic rings. The third kappa shape index (κ3) is 5.07. The van der Waals surface area contributed by atoms with Gasteiger partial charge in [-0.25, -0.2) is 9.97 Å². The Hall–Kier alpha value is -5.25. The SMILES string of the molecule is O=C(Cc1cn(-c2ccc(N3CCN(c4ccccn4)CC3)nn2)c2ccccc12)NCc1nc2ccccc2[nH]1. The van der Waals surface area contributed by atoms with E-state index in [1.165, 1.54) is 0 Å². The first-order chi connectivity index (χ1) is 20.2. The fraction of sp³-hybridized carbons (Fsp3) is 0.194. The van der Waals surface area contributed by atoms with Gasteiger partial charge in [-0.1, -0.05) is 36.4 Å². The number of hydrogen-bond acceptors (Lipinski definition) is 7. The average molecular weight is 544 g/mol. The molecule has 0 unspecified atom stereocenters. The lowest BCUT2D eigenvalue weighted by Crippen LogP contribution is -2.47. The highest BCUT2D eigenvalue weighted by molar-refractivity contribution is 5.90. The maximum Gasteiger partial charge on any atom is 0.224 e. The molecule has 1 aliphatic heterocycles. The van der Waals surface area contributed by atoms with Crippen molar-refractivity contribution in [3.63, 3.8) is 0 Å². The molecule has 0 spiro atoms. The van der Waals surface area contributed by atoms with E-state index < -0.39 is 0 Å². The van der Waals surface area contributed by atoms with Gasteiger partial charge in [-0.3, -0.25) is 9.36 Å². The zero-order valence-electron chi connectivity index (χ0n) is 22.4. The van der Waals surface area contributed by atoms with Crippen molar-refractivity contribution in [1.29, 1.82) is 0 Å². The first kappa shape index (κ1) is 24.8. The van der Waals surface area contributed by atoms with Crippen LogP contribution in [-0.4, -0.2) is 61.8 Å². The maximum absolute atomic E-state index is 12.9. The fourth-order valence-electron chi connectivity index (χ4n) is 5.41. The summed E-state index contributed by atoms with van der Waals surface area (Å²) in [5.41, 5.74) is 3.76. The number of rotatable bonds is 7. The number of piperazine rings is 1. The lowest BCUT2D eigenvalue weighted by molar-refractivity contribution is -0.120. The number of anilines is 2. The third-order valence-corrected chi connectivity index (χ3v) is 7.50. The van der Waals surface area contributed by atoms with Gasteiger partial charge in [0.2, 0.25) is 5.91 Å². The predicted octanol–water partition coefficient (Wildman–Crippen LogP) is 3.88. The number of nitrogens with zero attached hydrogens (tertiary/aromatic N) is 7. The summed E-state index contributed by atoms with van der Waals surface area (Å²) in [6.07, 6.45) is 4.07. The van der Waals surface area contributed by atoms with Gasteiger partial charge in [0.1, 0.15) is 11.6 Å². The molecule has 2 N–H and O–H groups in total. The number of benzene rings is 2. The summed E-state index contributed by atoms with van der Waals surface area (Å²) in [4.78, 5) is 29.7. The van der Waals surface area contributed by atoms with E-state index in [1.807, 2.05) is 95.8 Å². The zero-order chi connectivity index (χ0) is 27.6. The van der Waals surface area contributed by atoms with Crippen LogP contribution in [-0.2, 0) is 17.8 Å². The smallest absolute Gasteiger partial charge is 0.224 e. The quantitative estimate of drug-likeness (QED) is 0.315. The summed E-state index contributed by atoms with van der Waals surface area (Å²) >= 11 is 0. The van der Waals surface area contributed by atoms with Gasteiger partial charge in [-0.2, -0.15) is 0 Å². The van der Waals surface area contributed by atoms with Crippen molar-refractivity contribution in [2.24, 2.45) is 0 Å². The van der Waals surface area contributed by atoms with Crippen molar-refractivity contribution in [2.45, 2.75) is 13.0 Å². The van der Waals surface area contributed by atoms with Gasteiger partial charge in [0.05, 0.1) is 29.5 Å². The predicted molar refractivity (Wildman–Crippen MR) is 159 cm³/mol. The van der Waals surface area contributed by atoms with Crippen LogP contribution in [0.25, 0.3) is 27.8 Å². The average Bonchev–Trinajstić information content (AvgIpc) is 3.62. The topological polar surface area (TPSA) is 108 Å². The second-order valence-electron chi connectivity index (χ2n) is 10.1. The Balaban J connectivity index is 1.04. The Labute approximate surface area is 236 Å². The van der Waals surface area contributed by atoms with Crippen LogP contribution in [0.1, 0.15) is 11.4 Å². The normalized spacial score (nSPS) is 13.7. The minimum absolute atomic E-state index is 0.0698. The molecule has 0 bridgehead atoms. The fourth-order valence-corrected chi connectivity index (χ4v) is 5.41. The van der Waals surface area contributed by atoms with Gasteiger partial charge in [0.25, 0.3) is 0 Å². The molecule has 0 aliphatic carbocycles. The summed E-state index contributed by atoms with van der Waals surface area (Å²) in [6, 6.07) is 25.9. The number of fused-ring (bicyclic) bond motifs is 2. The number of carbonyl (C=O) groups excluding carboxylic acids is 1. The molecule has 204 valence electrons. The van der Waals surface area contributed by atoms with E-state index in [1.54, 1.807) is 0 Å². The number of para-hydroxylation sites is 3. The molecule has 0 saturated carbocycles. The Bertz CT molecular complexity index is 1770. The molecule has 10 nitrogen and oxygen atoms in total. The van der Waals surface area contributed by atoms with Crippen LogP contribution in [0.15, 0.2) is 91.3 Å². The van der Waals surface area contributed by atoms with Crippen LogP contribution >= 0.6 is 0 Å². The largest absolute Gasteiger partial charge is 0.353 e. The van der Waals surface area contributed by atoms with E-state index in [-0.39, 0.29) is 12.3 Å². The van der Waals surface area contributed by atoms with Crippen LogP contribution in [0.3, 0.4) is 0 Å². The number of nitrogens with one attached hydrogen (secondary N) is 2. The van der Waals surface area contributed by atoms with Crippen molar-refractivity contribution in [1.82, 2.24) is 35.0 Å². The van der Waals surface area contributed by atoms with Gasteiger partial charge >= 0.3 is 0 Å². The number of aromatic nitrogens is 6. The Morgan fingerprint density at radius 2 is 1.54 bits per heavy atom. The lowest BCUT2D eigenvalue weighted by atomic mass is 10.1. The van der Waals surface area contributed by atoms with E-state index >= 15 is 0 Å². The number of aromatic amines is 1. The first-order valence-corrected chi connectivity index (χ1v) is 13.8. The molecule has 0 atom stereocenters. The van der Waals surface area contributed by atoms with Crippen molar-refractivity contribution in [3.05, 3.63) is 103 Å². The van der Waals surface area contributed by atoms with Gasteiger partial charge in [0.15, 0.2) is 11.6 Å². The highest BCUT2D eigenvalue weighted by atomic mass is 16.1. The van der Waals surface area contributed by atoms with Gasteiger partial charge in [0, 0.05) is 44.0 Å². The molecule has 41 heavy (non-hydrogen) atoms. The molecule has 4 aromatic heterocycles. The molecule has 0 radical (unpaired) electrons. The Morgan fingerprint density at radius 3 is 2.32 bits per heavy atom. The van der Waals surface area contributed by atoms with Crippen LogP contribution in [0, 0.1) is 0 Å². The number of imidazole rings is 1. The molecular formula is C31H29N9O. The number of H-pyrrole nitrogens is 1. The minimum atomic E-state index is -0.0698. The Kier molecular flexibility index (Phi) is 6.48. The van der Waals surface area contributed by atoms with Crippen LogP contribution in [0.5, 0.6) is 0 Å². The lowest BCUT2D eigenvalue weighted by Gasteiger charge is -2.35. The molecule has 6 aromatic rings. The minimum Gasteiger partial charge on any atom is -0.353 e. The molecule has 2 aromatic carbocycles. The van der Waals surface area contributed by atoms with Crippen LogP contribution in [0.2, 0.25) is 0 Å². The number of carbonyl (C=O) groups is 1. The highest BCUT2D eigenvalue weighted by Crippen LogP contribution is 2.25. The van der Waals surface area contributed by atoms with E-state index in [9.17, 15) is 4.79 Å². The molecule has 5 heterocycles. The van der Waals surface area contributed by atoms with Gasteiger partial charge < -0.3 is 20.1 Å². The van der Waals surface area contributed by atoms with Crippen LogP contribution < -0.4 is 15.1 Å². The molecule has 1 saturated heterocycles. The summed E-state index contributed by atoms with van der Waals surface area (Å²) in [6.45, 7) is 3.80. The number of hydrogen-bond donors (Lipinski definition) is 2. The van der Waals surface area contributed by atoms with Crippen molar-refractivity contribution in [2.75, 3.05) is 36.0 Å². The molecule has 10 heteroatoms. The van der Waals surface area contributed by atoms with Crippen LogP contribution in [0.4, 0.5) is 11.6 Å². The third-order valence-electron chi connectivity index (χ3n) is 7.50. The van der Waals surface area contributed by atoms with E-state index in [2.05, 4.69) is 40.3 Å². The maximum atomic E-state index is 12.9. The van der Waals surface area contributed by atoms with Gasteiger partial charge in [-0.15, -0.1) is 10.2 Å². The van der Waals surface area contributed by atoms with Crippen molar-refractivity contribution >= 4 is 39.5 Å². The highest BCUT2D eigenvalue weighted by Gasteiger charge is 2.20. The summed E-state index contributed by atoms with van der Waals surface area (Å²) in [5.74, 6) is 3.24. The van der Waals surface area contributed by atoms with Crippen molar-refractivity contribution < 1.29 is 4.79 Å². The summed E-state index contributed by atoms with van der Waals surface area (Å²) < 4.78 is 2.01. The summed E-state index contributed by atoms with van der Waals surface area (Å²) in [5, 5.41) is 13.2. The van der Waals surface area contributed by atoms with E-state index in [0.717, 1.165) is 71.1 Å². The standard InChI is InChI=1S/C31H29N9O/c41-31(33-20-27-34-24-8-2-3-9-25(24)35-27)19-22-21-40(26-10-4-1-7-23(22)26)30-13-12-29(36-37-30)39-17-15-38(16-18-39)28-11-5-6-14-32-28/h1-14,21H,15-20H2,(H,33,41)(H,34,35). The second kappa shape index (κ2) is 10.7. The summed E-state index contributed by atoms with van der Waals surface area (Å²) in [7, 11) is 0.